The van der Waals surface area contributed by atoms with Crippen LogP contribution in [-0.4, -0.2) is 42.6 Å². The summed E-state index contributed by atoms with van der Waals surface area (Å²) in [5, 5.41) is 4.12. The third kappa shape index (κ3) is 4.50. The molecule has 0 unspecified atom stereocenters. The second-order valence-electron chi connectivity index (χ2n) is 7.99. The highest BCUT2D eigenvalue weighted by molar-refractivity contribution is 7.90. The third-order valence-corrected chi connectivity index (χ3v) is 6.85. The number of ketones is 2. The lowest BCUT2D eigenvalue weighted by Crippen LogP contribution is -2.16. The molecule has 1 aromatic heterocycles. The van der Waals surface area contributed by atoms with Crippen LogP contribution in [0.1, 0.15) is 48.5 Å². The highest BCUT2D eigenvalue weighted by atomic mass is 32.2. The Labute approximate surface area is 187 Å². The van der Waals surface area contributed by atoms with Crippen molar-refractivity contribution in [1.29, 1.82) is 0 Å². The van der Waals surface area contributed by atoms with E-state index in [-0.39, 0.29) is 34.5 Å². The van der Waals surface area contributed by atoms with Gasteiger partial charge in [-0.05, 0) is 50.5 Å². The van der Waals surface area contributed by atoms with Gasteiger partial charge < -0.3 is 4.74 Å². The van der Waals surface area contributed by atoms with Gasteiger partial charge in [0.2, 0.25) is 5.88 Å². The minimum absolute atomic E-state index is 0.178. The molecule has 0 saturated heterocycles. The largest absolute Gasteiger partial charge is 0.469 e. The second kappa shape index (κ2) is 8.70. The molecule has 0 aliphatic heterocycles. The Bertz CT molecular complexity index is 1320. The lowest BCUT2D eigenvalue weighted by atomic mass is 9.95. The maximum absolute atomic E-state index is 13.4. The van der Waals surface area contributed by atoms with Gasteiger partial charge in [0.15, 0.2) is 28.0 Å². The normalized spacial score (nSPS) is 11.4. The van der Waals surface area contributed by atoms with E-state index in [0.717, 1.165) is 11.8 Å². The number of Topliss-reactive ketones (excluding diaryl/α,β-unsaturated/α-hetero) is 1. The summed E-state index contributed by atoms with van der Waals surface area (Å²) in [4.78, 5) is 26.1. The summed E-state index contributed by atoms with van der Waals surface area (Å²) in [5.41, 5.74) is 3.76. The summed E-state index contributed by atoms with van der Waals surface area (Å²) >= 11 is 0. The molecule has 8 heteroatoms. The van der Waals surface area contributed by atoms with Crippen LogP contribution in [0.25, 0.3) is 0 Å². The van der Waals surface area contributed by atoms with E-state index in [9.17, 15) is 18.0 Å². The van der Waals surface area contributed by atoms with Crippen molar-refractivity contribution in [3.8, 4) is 5.88 Å². The van der Waals surface area contributed by atoms with Gasteiger partial charge in [-0.25, -0.2) is 13.1 Å². The lowest BCUT2D eigenvalue weighted by molar-refractivity contribution is 0.0908. The molecular formula is C24H26N2O5S. The number of aromatic nitrogens is 2. The number of carbonyl (C=O) groups is 2. The molecule has 168 valence electrons. The van der Waals surface area contributed by atoms with E-state index in [2.05, 4.69) is 5.10 Å². The Morgan fingerprint density at radius 2 is 1.62 bits per heavy atom. The summed E-state index contributed by atoms with van der Waals surface area (Å²) < 4.78 is 31.4. The number of hydrogen-bond donors (Lipinski definition) is 0. The topological polar surface area (TPSA) is 95.3 Å². The van der Waals surface area contributed by atoms with Crippen molar-refractivity contribution < 1.29 is 22.7 Å². The molecule has 0 spiro atoms. The Hall–Kier alpha value is -3.26. The van der Waals surface area contributed by atoms with E-state index in [1.807, 2.05) is 19.1 Å². The van der Waals surface area contributed by atoms with Gasteiger partial charge in [-0.3, -0.25) is 9.59 Å². The predicted octanol–water partition coefficient (Wildman–Crippen LogP) is 3.55. The van der Waals surface area contributed by atoms with Gasteiger partial charge in [0, 0.05) is 24.4 Å². The Balaban J connectivity index is 1.93. The molecule has 0 radical (unpaired) electrons. The molecule has 1 heterocycles. The Kier molecular flexibility index (Phi) is 6.37. The van der Waals surface area contributed by atoms with Crippen LogP contribution in [-0.2, 0) is 16.9 Å². The maximum atomic E-state index is 13.4. The van der Waals surface area contributed by atoms with Crippen LogP contribution in [0.5, 0.6) is 5.88 Å². The summed E-state index contributed by atoms with van der Waals surface area (Å²) in [7, 11) is -1.81. The van der Waals surface area contributed by atoms with Crippen molar-refractivity contribution in [2.45, 2.75) is 32.6 Å². The minimum atomic E-state index is -3.44. The number of carbonyl (C=O) groups excluding carboxylic acids is 2. The van der Waals surface area contributed by atoms with E-state index < -0.39 is 9.84 Å². The summed E-state index contributed by atoms with van der Waals surface area (Å²) in [6.45, 7) is 6.77. The Morgan fingerprint density at radius 3 is 2.22 bits per heavy atom. The number of rotatable bonds is 7. The fourth-order valence-electron chi connectivity index (χ4n) is 3.72. The summed E-state index contributed by atoms with van der Waals surface area (Å²) in [6, 6.07) is 8.73. The molecular weight excluding hydrogens is 428 g/mol. The Morgan fingerprint density at radius 1 is 1.00 bits per heavy atom. The smallest absolute Gasteiger partial charge is 0.223 e. The first-order valence-electron chi connectivity index (χ1n) is 10.0. The van der Waals surface area contributed by atoms with Crippen molar-refractivity contribution in [2.75, 3.05) is 12.9 Å². The van der Waals surface area contributed by atoms with Gasteiger partial charge in [0.1, 0.15) is 5.56 Å². The number of benzene rings is 2. The maximum Gasteiger partial charge on any atom is 0.223 e. The molecule has 0 saturated carbocycles. The molecule has 7 nitrogen and oxygen atoms in total. The average molecular weight is 455 g/mol. The van der Waals surface area contributed by atoms with Crippen molar-refractivity contribution in [3.63, 3.8) is 0 Å². The predicted molar refractivity (Wildman–Crippen MR) is 121 cm³/mol. The zero-order valence-electron chi connectivity index (χ0n) is 19.0. The number of hydrogen-bond acceptors (Lipinski definition) is 6. The number of ether oxygens (including phenoxy) is 1. The molecule has 0 aliphatic rings. The van der Waals surface area contributed by atoms with E-state index in [1.54, 1.807) is 46.0 Å². The molecule has 3 rings (SSSR count). The van der Waals surface area contributed by atoms with E-state index in [4.69, 9.17) is 4.74 Å². The van der Waals surface area contributed by atoms with Crippen LogP contribution in [0.4, 0.5) is 0 Å². The van der Waals surface area contributed by atoms with Gasteiger partial charge >= 0.3 is 0 Å². The fraction of sp³-hybridized carbons (Fsp3) is 0.292. The SMILES string of the molecule is Cc1ccc(C(=O)COc2c(C(=O)c3cc(C)c(S(C)(=O)=O)c(C)c3C)cnn2C)cc1. The van der Waals surface area contributed by atoms with Crippen molar-refractivity contribution >= 4 is 21.4 Å². The molecule has 0 N–H and O–H groups in total. The van der Waals surface area contributed by atoms with Crippen LogP contribution in [0, 0.1) is 27.7 Å². The van der Waals surface area contributed by atoms with Crippen LogP contribution >= 0.6 is 0 Å². The molecule has 0 fully saturated rings. The monoisotopic (exact) mass is 454 g/mol. The third-order valence-electron chi connectivity index (χ3n) is 5.48. The average Bonchev–Trinajstić information content (AvgIpc) is 3.08. The fourth-order valence-corrected chi connectivity index (χ4v) is 5.07. The number of sulfone groups is 1. The van der Waals surface area contributed by atoms with Crippen molar-refractivity contribution in [3.05, 3.63) is 75.5 Å². The summed E-state index contributed by atoms with van der Waals surface area (Å²) in [5.74, 6) is -0.387. The molecule has 0 amide bonds. The first kappa shape index (κ1) is 23.4. The van der Waals surface area contributed by atoms with Gasteiger partial charge in [-0.2, -0.15) is 5.10 Å². The second-order valence-corrected chi connectivity index (χ2v) is 9.94. The number of nitrogens with zero attached hydrogens (tertiary/aromatic N) is 2. The first-order valence-corrected chi connectivity index (χ1v) is 11.9. The van der Waals surface area contributed by atoms with Gasteiger partial charge in [0.25, 0.3) is 0 Å². The molecule has 0 bridgehead atoms. The highest BCUT2D eigenvalue weighted by Crippen LogP contribution is 2.29. The minimum Gasteiger partial charge on any atom is -0.469 e. The standard InChI is InChI=1S/C24H26N2O5S/c1-14-7-9-18(10-8-14)21(27)13-31-24-20(12-25-26(24)5)22(28)19-11-15(2)23(32(6,29)30)17(4)16(19)3/h7-12H,13H2,1-6H3. The molecule has 0 aliphatic carbocycles. The van der Waals surface area contributed by atoms with Crippen molar-refractivity contribution in [1.82, 2.24) is 9.78 Å². The zero-order chi connectivity index (χ0) is 23.8. The van der Waals surface area contributed by atoms with Crippen LogP contribution in [0.3, 0.4) is 0 Å². The van der Waals surface area contributed by atoms with Crippen LogP contribution in [0.15, 0.2) is 41.4 Å². The lowest BCUT2D eigenvalue weighted by Gasteiger charge is -2.15. The molecule has 0 atom stereocenters. The summed E-state index contributed by atoms with van der Waals surface area (Å²) in [6.07, 6.45) is 2.55. The molecule has 2 aromatic carbocycles. The number of aryl methyl sites for hydroxylation is 3. The van der Waals surface area contributed by atoms with E-state index >= 15 is 0 Å². The first-order chi connectivity index (χ1) is 14.9. The van der Waals surface area contributed by atoms with Gasteiger partial charge in [0.05, 0.1) is 11.1 Å². The van der Waals surface area contributed by atoms with Crippen LogP contribution < -0.4 is 4.74 Å². The highest BCUT2D eigenvalue weighted by Gasteiger charge is 2.25. The van der Waals surface area contributed by atoms with Gasteiger partial charge in [-0.15, -0.1) is 0 Å². The molecule has 3 aromatic rings. The van der Waals surface area contributed by atoms with Gasteiger partial charge in [-0.1, -0.05) is 29.8 Å². The van der Waals surface area contributed by atoms with Crippen molar-refractivity contribution in [2.24, 2.45) is 7.05 Å². The van der Waals surface area contributed by atoms with Crippen LogP contribution in [0.2, 0.25) is 0 Å². The quantitative estimate of drug-likeness (QED) is 0.507. The zero-order valence-corrected chi connectivity index (χ0v) is 19.8. The van der Waals surface area contributed by atoms with E-state index in [1.165, 1.54) is 10.9 Å². The van der Waals surface area contributed by atoms with E-state index in [0.29, 0.717) is 27.8 Å². The molecule has 32 heavy (non-hydrogen) atoms.